The Hall–Kier alpha value is -2.66. The molecule has 0 bridgehead atoms. The monoisotopic (exact) mass is 459 g/mol. The zero-order valence-corrected chi connectivity index (χ0v) is 19.6. The molecule has 0 saturated carbocycles. The molecule has 2 aliphatic heterocycles. The summed E-state index contributed by atoms with van der Waals surface area (Å²) in [4.78, 5) is 37.1. The summed E-state index contributed by atoms with van der Waals surface area (Å²) in [6, 6.07) is 9.25. The fourth-order valence-electron chi connectivity index (χ4n) is 3.80. The van der Waals surface area contributed by atoms with Crippen LogP contribution in [0, 0.1) is 6.92 Å². The molecule has 4 rings (SSSR count). The number of aromatic nitrogens is 2. The van der Waals surface area contributed by atoms with Gasteiger partial charge in [0.15, 0.2) is 22.5 Å². The van der Waals surface area contributed by atoms with E-state index in [0.29, 0.717) is 13.1 Å². The Kier molecular flexibility index (Phi) is 6.15. The van der Waals surface area contributed by atoms with E-state index in [4.69, 9.17) is 4.99 Å². The summed E-state index contributed by atoms with van der Waals surface area (Å²) < 4.78 is 0.906. The van der Waals surface area contributed by atoms with Crippen LogP contribution in [0.3, 0.4) is 0 Å². The summed E-state index contributed by atoms with van der Waals surface area (Å²) in [7, 11) is 5.19. The van der Waals surface area contributed by atoms with Crippen LogP contribution in [0.1, 0.15) is 10.6 Å². The van der Waals surface area contributed by atoms with Crippen molar-refractivity contribution in [1.29, 1.82) is 0 Å². The topological polar surface area (TPSA) is 85.2 Å². The van der Waals surface area contributed by atoms with Gasteiger partial charge in [-0.25, -0.2) is 9.79 Å². The van der Waals surface area contributed by atoms with E-state index in [1.54, 1.807) is 35.0 Å². The first-order valence-electron chi connectivity index (χ1n) is 9.93. The van der Waals surface area contributed by atoms with Crippen molar-refractivity contribution in [1.82, 2.24) is 29.8 Å². The standard InChI is InChI=1S/C20H25N7O2S2/c1-13-22-23-19(31-13)30-11-10-27-15-16(25(3)20(29)26(4)17(15)28)21-18(27)24(2)12-14-8-6-5-7-9-14/h5-9,15-16H,10-12H2,1-4H3. The number of imide groups is 1. The molecule has 0 N–H and O–H groups in total. The number of benzene rings is 1. The molecule has 31 heavy (non-hydrogen) atoms. The van der Waals surface area contributed by atoms with E-state index in [0.717, 1.165) is 26.6 Å². The second-order valence-corrected chi connectivity index (χ2v) is 10.1. The van der Waals surface area contributed by atoms with Crippen molar-refractivity contribution in [3.8, 4) is 0 Å². The number of hydrogen-bond acceptors (Lipinski definition) is 9. The lowest BCUT2D eigenvalue weighted by Gasteiger charge is -2.40. The normalized spacial score (nSPS) is 20.9. The van der Waals surface area contributed by atoms with Gasteiger partial charge in [0.05, 0.1) is 0 Å². The number of aryl methyl sites for hydroxylation is 1. The number of likely N-dealkylation sites (N-methyl/N-ethyl adjacent to an activating group) is 2. The molecular weight excluding hydrogens is 434 g/mol. The number of amides is 3. The third-order valence-corrected chi connectivity index (χ3v) is 7.31. The Balaban J connectivity index is 1.56. The third-order valence-electron chi connectivity index (χ3n) is 5.36. The van der Waals surface area contributed by atoms with Gasteiger partial charge in [-0.3, -0.25) is 9.69 Å². The van der Waals surface area contributed by atoms with Crippen molar-refractivity contribution in [3.05, 3.63) is 40.9 Å². The molecule has 164 valence electrons. The molecular formula is C20H25N7O2S2. The SMILES string of the molecule is Cc1nnc(SCCN2C(N(C)Cc3ccccc3)=NC3C2C(=O)N(C)C(=O)N3C)s1. The van der Waals surface area contributed by atoms with Crippen LogP contribution in [-0.2, 0) is 11.3 Å². The van der Waals surface area contributed by atoms with Gasteiger partial charge in [0, 0.05) is 40.0 Å². The molecule has 0 aliphatic carbocycles. The number of carbonyl (C=O) groups excluding carboxylic acids is 2. The van der Waals surface area contributed by atoms with Crippen molar-refractivity contribution in [2.45, 2.75) is 30.0 Å². The van der Waals surface area contributed by atoms with E-state index in [2.05, 4.69) is 22.3 Å². The Morgan fingerprint density at radius 1 is 1.16 bits per heavy atom. The summed E-state index contributed by atoms with van der Waals surface area (Å²) in [6.45, 7) is 3.18. The maximum atomic E-state index is 13.1. The molecule has 1 fully saturated rings. The van der Waals surface area contributed by atoms with E-state index in [1.165, 1.54) is 11.9 Å². The minimum absolute atomic E-state index is 0.225. The van der Waals surface area contributed by atoms with E-state index in [-0.39, 0.29) is 11.9 Å². The van der Waals surface area contributed by atoms with Crippen molar-refractivity contribution in [2.75, 3.05) is 33.4 Å². The number of urea groups is 1. The van der Waals surface area contributed by atoms with E-state index in [9.17, 15) is 9.59 Å². The molecule has 3 heterocycles. The molecule has 2 unspecified atom stereocenters. The highest BCUT2D eigenvalue weighted by molar-refractivity contribution is 8.01. The summed E-state index contributed by atoms with van der Waals surface area (Å²) >= 11 is 3.17. The average molecular weight is 460 g/mol. The summed E-state index contributed by atoms with van der Waals surface area (Å²) in [5, 5.41) is 9.15. The van der Waals surface area contributed by atoms with Gasteiger partial charge < -0.3 is 14.7 Å². The van der Waals surface area contributed by atoms with Gasteiger partial charge >= 0.3 is 6.03 Å². The Morgan fingerprint density at radius 2 is 1.90 bits per heavy atom. The summed E-state index contributed by atoms with van der Waals surface area (Å²) in [5.41, 5.74) is 1.15. The molecule has 9 nitrogen and oxygen atoms in total. The number of guanidine groups is 1. The van der Waals surface area contributed by atoms with Gasteiger partial charge in [-0.05, 0) is 12.5 Å². The number of aliphatic imine (C=N–C) groups is 1. The highest BCUT2D eigenvalue weighted by atomic mass is 32.2. The third kappa shape index (κ3) is 4.24. The van der Waals surface area contributed by atoms with E-state index >= 15 is 0 Å². The van der Waals surface area contributed by atoms with Crippen LogP contribution < -0.4 is 0 Å². The maximum Gasteiger partial charge on any atom is 0.328 e. The molecule has 2 aromatic rings. The molecule has 1 saturated heterocycles. The fourth-order valence-corrected chi connectivity index (χ4v) is 5.63. The predicted molar refractivity (Wildman–Crippen MR) is 121 cm³/mol. The predicted octanol–water partition coefficient (Wildman–Crippen LogP) is 1.96. The minimum Gasteiger partial charge on any atom is -0.341 e. The van der Waals surface area contributed by atoms with Crippen LogP contribution in [0.4, 0.5) is 4.79 Å². The molecule has 11 heteroatoms. The minimum atomic E-state index is -0.530. The quantitative estimate of drug-likeness (QED) is 0.611. The lowest BCUT2D eigenvalue weighted by molar-refractivity contribution is -0.136. The number of hydrogen-bond donors (Lipinski definition) is 0. The molecule has 0 spiro atoms. The number of nitrogens with zero attached hydrogens (tertiary/aromatic N) is 7. The van der Waals surface area contributed by atoms with Crippen molar-refractivity contribution in [2.24, 2.45) is 4.99 Å². The lowest BCUT2D eigenvalue weighted by atomic mass is 10.1. The van der Waals surface area contributed by atoms with Crippen molar-refractivity contribution >= 4 is 41.0 Å². The van der Waals surface area contributed by atoms with Gasteiger partial charge in [-0.15, -0.1) is 10.2 Å². The van der Waals surface area contributed by atoms with Gasteiger partial charge in [0.1, 0.15) is 5.01 Å². The zero-order valence-electron chi connectivity index (χ0n) is 17.9. The van der Waals surface area contributed by atoms with Crippen molar-refractivity contribution in [3.63, 3.8) is 0 Å². The van der Waals surface area contributed by atoms with E-state index in [1.807, 2.05) is 42.0 Å². The van der Waals surface area contributed by atoms with Gasteiger partial charge in [0.25, 0.3) is 5.91 Å². The van der Waals surface area contributed by atoms with Crippen LogP contribution in [-0.4, -0.2) is 93.3 Å². The first-order valence-corrected chi connectivity index (χ1v) is 11.7. The van der Waals surface area contributed by atoms with Gasteiger partial charge in [-0.1, -0.05) is 53.4 Å². The highest BCUT2D eigenvalue weighted by Gasteiger charge is 2.51. The smallest absolute Gasteiger partial charge is 0.328 e. The first kappa shape index (κ1) is 21.6. The van der Waals surface area contributed by atoms with Crippen LogP contribution in [0.25, 0.3) is 0 Å². The number of carbonyl (C=O) groups is 2. The van der Waals surface area contributed by atoms with Crippen LogP contribution >= 0.6 is 23.1 Å². The molecule has 2 aliphatic rings. The second kappa shape index (κ2) is 8.83. The average Bonchev–Trinajstić information content (AvgIpc) is 3.35. The second-order valence-electron chi connectivity index (χ2n) is 7.55. The van der Waals surface area contributed by atoms with Crippen LogP contribution in [0.15, 0.2) is 39.7 Å². The number of thioether (sulfide) groups is 1. The zero-order chi connectivity index (χ0) is 22.1. The molecule has 2 atom stereocenters. The highest BCUT2D eigenvalue weighted by Crippen LogP contribution is 2.29. The summed E-state index contributed by atoms with van der Waals surface area (Å²) in [6.07, 6.45) is -0.529. The Bertz CT molecular complexity index is 996. The lowest BCUT2D eigenvalue weighted by Crippen LogP contribution is -2.64. The van der Waals surface area contributed by atoms with E-state index < -0.39 is 12.2 Å². The Morgan fingerprint density at radius 3 is 2.58 bits per heavy atom. The Labute approximate surface area is 189 Å². The molecule has 1 aromatic heterocycles. The molecule has 3 amide bonds. The van der Waals surface area contributed by atoms with Gasteiger partial charge in [-0.2, -0.15) is 0 Å². The molecule has 0 radical (unpaired) electrons. The van der Waals surface area contributed by atoms with Gasteiger partial charge in [0.2, 0.25) is 0 Å². The van der Waals surface area contributed by atoms with Crippen molar-refractivity contribution < 1.29 is 9.59 Å². The number of fused-ring (bicyclic) bond motifs is 1. The maximum absolute atomic E-state index is 13.1. The van der Waals surface area contributed by atoms with Crippen LogP contribution in [0.2, 0.25) is 0 Å². The molecule has 1 aromatic carbocycles. The largest absolute Gasteiger partial charge is 0.341 e. The van der Waals surface area contributed by atoms with Crippen LogP contribution in [0.5, 0.6) is 0 Å². The first-order chi connectivity index (χ1) is 14.9. The fraction of sp³-hybridized carbons (Fsp3) is 0.450. The summed E-state index contributed by atoms with van der Waals surface area (Å²) in [5.74, 6) is 1.22. The number of rotatable bonds is 6.